The number of carbonyl (C=O) groups is 1. The van der Waals surface area contributed by atoms with Crippen molar-refractivity contribution in [1.82, 2.24) is 9.97 Å². The van der Waals surface area contributed by atoms with Crippen molar-refractivity contribution in [2.75, 3.05) is 0 Å². The van der Waals surface area contributed by atoms with Crippen LogP contribution in [0.3, 0.4) is 0 Å². The molecule has 3 nitrogen and oxygen atoms in total. The molecule has 106 valence electrons. The van der Waals surface area contributed by atoms with Gasteiger partial charge in [-0.1, -0.05) is 48.5 Å². The Labute approximate surface area is 128 Å². The minimum absolute atomic E-state index is 0.132. The molecule has 0 unspecified atom stereocenters. The predicted molar refractivity (Wildman–Crippen MR) is 86.5 cm³/mol. The van der Waals surface area contributed by atoms with Crippen LogP contribution < -0.4 is 0 Å². The average Bonchev–Trinajstić information content (AvgIpc) is 3.18. The summed E-state index contributed by atoms with van der Waals surface area (Å²) in [7, 11) is 0. The summed E-state index contributed by atoms with van der Waals surface area (Å²) in [4.78, 5) is 19.8. The molecule has 0 saturated heterocycles. The summed E-state index contributed by atoms with van der Waals surface area (Å²) in [5.41, 5.74) is 5.70. The third-order valence-electron chi connectivity index (χ3n) is 4.00. The number of allylic oxidation sites excluding steroid dienone is 1. The second kappa shape index (κ2) is 5.11. The number of rotatable bonds is 2. The molecule has 3 heteroatoms. The number of Topliss-reactive ketones (excluding diaryl/α,β-unsaturated/α-hetero) is 1. The van der Waals surface area contributed by atoms with Crippen LogP contribution in [0.25, 0.3) is 17.3 Å². The number of nitrogens with zero attached hydrogens (tertiary/aromatic N) is 1. The molecule has 0 amide bonds. The fourth-order valence-electron chi connectivity index (χ4n) is 2.92. The molecule has 22 heavy (non-hydrogen) atoms. The van der Waals surface area contributed by atoms with Crippen LogP contribution in [0.4, 0.5) is 0 Å². The Balaban J connectivity index is 1.78. The van der Waals surface area contributed by atoms with E-state index in [0.717, 1.165) is 33.5 Å². The van der Waals surface area contributed by atoms with Gasteiger partial charge in [0.1, 0.15) is 0 Å². The van der Waals surface area contributed by atoms with Gasteiger partial charge in [-0.2, -0.15) is 0 Å². The predicted octanol–water partition coefficient (Wildman–Crippen LogP) is 3.90. The minimum Gasteiger partial charge on any atom is -0.351 e. The molecule has 1 aliphatic carbocycles. The molecule has 1 aliphatic rings. The lowest BCUT2D eigenvalue weighted by atomic mass is 10.0. The lowest BCUT2D eigenvalue weighted by Crippen LogP contribution is -1.95. The fraction of sp³-hybridized carbons (Fsp3) is 0.0526. The summed E-state index contributed by atoms with van der Waals surface area (Å²) in [6.07, 6.45) is 6.22. The van der Waals surface area contributed by atoms with Crippen molar-refractivity contribution in [3.63, 3.8) is 0 Å². The SMILES string of the molecule is O=C1/C(=C/c2ccccc2-c2c[nH]cn2)Cc2ccccc21. The largest absolute Gasteiger partial charge is 0.351 e. The van der Waals surface area contributed by atoms with Crippen molar-refractivity contribution in [3.05, 3.63) is 83.3 Å². The highest BCUT2D eigenvalue weighted by Crippen LogP contribution is 2.30. The van der Waals surface area contributed by atoms with E-state index < -0.39 is 0 Å². The van der Waals surface area contributed by atoms with E-state index in [0.29, 0.717) is 6.42 Å². The van der Waals surface area contributed by atoms with Crippen LogP contribution in [0.1, 0.15) is 21.5 Å². The Kier molecular flexibility index (Phi) is 2.97. The summed E-state index contributed by atoms with van der Waals surface area (Å²) in [6, 6.07) is 15.8. The van der Waals surface area contributed by atoms with Crippen LogP contribution in [-0.2, 0) is 6.42 Å². The molecule has 1 heterocycles. The first-order valence-electron chi connectivity index (χ1n) is 7.24. The maximum absolute atomic E-state index is 12.5. The molecule has 0 bridgehead atoms. The number of benzene rings is 2. The third kappa shape index (κ3) is 2.07. The number of carbonyl (C=O) groups excluding carboxylic acids is 1. The fourth-order valence-corrected chi connectivity index (χ4v) is 2.92. The molecule has 4 rings (SSSR count). The van der Waals surface area contributed by atoms with Crippen molar-refractivity contribution in [2.24, 2.45) is 0 Å². The number of imidazole rings is 1. The summed E-state index contributed by atoms with van der Waals surface area (Å²) < 4.78 is 0. The average molecular weight is 286 g/mol. The van der Waals surface area contributed by atoms with Crippen LogP contribution in [0.15, 0.2) is 66.6 Å². The van der Waals surface area contributed by atoms with Crippen LogP contribution in [0, 0.1) is 0 Å². The second-order valence-electron chi connectivity index (χ2n) is 5.37. The number of ketones is 1. The molecule has 0 fully saturated rings. The van der Waals surface area contributed by atoms with E-state index >= 15 is 0 Å². The van der Waals surface area contributed by atoms with E-state index in [4.69, 9.17) is 0 Å². The highest BCUT2D eigenvalue weighted by molar-refractivity contribution is 6.15. The Bertz CT molecular complexity index is 876. The molecule has 0 atom stereocenters. The maximum atomic E-state index is 12.5. The number of hydrogen-bond donors (Lipinski definition) is 1. The zero-order chi connectivity index (χ0) is 14.9. The molecule has 0 saturated carbocycles. The standard InChI is InChI=1S/C19H14N2O/c22-19-15(10-14-6-2-4-8-17(14)19)9-13-5-1-3-7-16(13)18-11-20-12-21-18/h1-9,11-12H,10H2,(H,20,21)/b15-9+. The van der Waals surface area contributed by atoms with Gasteiger partial charge in [0.2, 0.25) is 0 Å². The van der Waals surface area contributed by atoms with Crippen LogP contribution in [0.5, 0.6) is 0 Å². The van der Waals surface area contributed by atoms with E-state index in [1.807, 2.05) is 60.8 Å². The Hall–Kier alpha value is -2.94. The van der Waals surface area contributed by atoms with Crippen molar-refractivity contribution in [1.29, 1.82) is 0 Å². The number of H-pyrrole nitrogens is 1. The molecular formula is C19H14N2O. The van der Waals surface area contributed by atoms with Crippen molar-refractivity contribution >= 4 is 11.9 Å². The lowest BCUT2D eigenvalue weighted by molar-refractivity contribution is 0.104. The topological polar surface area (TPSA) is 45.8 Å². The van der Waals surface area contributed by atoms with Gasteiger partial charge in [0, 0.05) is 29.3 Å². The van der Waals surface area contributed by atoms with Gasteiger partial charge in [0.15, 0.2) is 5.78 Å². The zero-order valence-electron chi connectivity index (χ0n) is 11.9. The first-order chi connectivity index (χ1) is 10.8. The minimum atomic E-state index is 0.132. The van der Waals surface area contributed by atoms with E-state index in [-0.39, 0.29) is 5.78 Å². The highest BCUT2D eigenvalue weighted by atomic mass is 16.1. The zero-order valence-corrected chi connectivity index (χ0v) is 11.9. The van der Waals surface area contributed by atoms with Crippen LogP contribution in [0.2, 0.25) is 0 Å². The van der Waals surface area contributed by atoms with Crippen molar-refractivity contribution < 1.29 is 4.79 Å². The molecule has 0 aliphatic heterocycles. The van der Waals surface area contributed by atoms with E-state index in [2.05, 4.69) is 9.97 Å². The molecule has 3 aromatic rings. The Morgan fingerprint density at radius 2 is 1.77 bits per heavy atom. The summed E-state index contributed by atoms with van der Waals surface area (Å²) in [5.74, 6) is 0.132. The molecular weight excluding hydrogens is 272 g/mol. The van der Waals surface area contributed by atoms with Gasteiger partial charge in [-0.05, 0) is 17.2 Å². The Morgan fingerprint density at radius 1 is 1.00 bits per heavy atom. The smallest absolute Gasteiger partial charge is 0.189 e. The molecule has 0 radical (unpaired) electrons. The summed E-state index contributed by atoms with van der Waals surface area (Å²) in [5, 5.41) is 0. The van der Waals surface area contributed by atoms with E-state index in [1.165, 1.54) is 0 Å². The molecule has 0 spiro atoms. The van der Waals surface area contributed by atoms with Gasteiger partial charge < -0.3 is 4.98 Å². The Morgan fingerprint density at radius 3 is 2.55 bits per heavy atom. The number of nitrogens with one attached hydrogen (secondary N) is 1. The monoisotopic (exact) mass is 286 g/mol. The molecule has 1 aromatic heterocycles. The normalized spacial score (nSPS) is 15.3. The summed E-state index contributed by atoms with van der Waals surface area (Å²) in [6.45, 7) is 0. The van der Waals surface area contributed by atoms with Crippen LogP contribution in [-0.4, -0.2) is 15.8 Å². The number of hydrogen-bond acceptors (Lipinski definition) is 2. The summed E-state index contributed by atoms with van der Waals surface area (Å²) >= 11 is 0. The molecule has 2 aromatic carbocycles. The van der Waals surface area contributed by atoms with E-state index in [1.54, 1.807) is 6.33 Å². The molecule has 1 N–H and O–H groups in total. The van der Waals surface area contributed by atoms with Gasteiger partial charge in [-0.15, -0.1) is 0 Å². The van der Waals surface area contributed by atoms with Gasteiger partial charge in [0.25, 0.3) is 0 Å². The van der Waals surface area contributed by atoms with Crippen molar-refractivity contribution in [3.8, 4) is 11.3 Å². The van der Waals surface area contributed by atoms with Crippen LogP contribution >= 0.6 is 0 Å². The number of aromatic nitrogens is 2. The van der Waals surface area contributed by atoms with Gasteiger partial charge in [-0.25, -0.2) is 4.98 Å². The van der Waals surface area contributed by atoms with E-state index in [9.17, 15) is 4.79 Å². The van der Waals surface area contributed by atoms with Gasteiger partial charge in [-0.3, -0.25) is 4.79 Å². The third-order valence-corrected chi connectivity index (χ3v) is 4.00. The highest BCUT2D eigenvalue weighted by Gasteiger charge is 2.24. The second-order valence-corrected chi connectivity index (χ2v) is 5.37. The first-order valence-corrected chi connectivity index (χ1v) is 7.24. The number of fused-ring (bicyclic) bond motifs is 1. The van der Waals surface area contributed by atoms with Crippen molar-refractivity contribution in [2.45, 2.75) is 6.42 Å². The maximum Gasteiger partial charge on any atom is 0.189 e. The van der Waals surface area contributed by atoms with Gasteiger partial charge in [0.05, 0.1) is 12.0 Å². The number of aromatic amines is 1. The quantitative estimate of drug-likeness (QED) is 0.726. The van der Waals surface area contributed by atoms with Gasteiger partial charge >= 0.3 is 0 Å². The lowest BCUT2D eigenvalue weighted by Gasteiger charge is -2.04. The first kappa shape index (κ1) is 12.8.